The molecule has 1 fully saturated rings. The maximum Gasteiger partial charge on any atom is 0.254 e. The Morgan fingerprint density at radius 1 is 1.40 bits per heavy atom. The average molecular weight is 298 g/mol. The topological polar surface area (TPSA) is 74.5 Å². The van der Waals surface area contributed by atoms with Crippen LogP contribution in [0.4, 0.5) is 5.82 Å². The van der Waals surface area contributed by atoms with Crippen molar-refractivity contribution in [3.8, 4) is 0 Å². The largest absolute Gasteiger partial charge is 0.336 e. The number of piperazine rings is 1. The van der Waals surface area contributed by atoms with Gasteiger partial charge < -0.3 is 10.3 Å². The molecule has 1 aliphatic heterocycles. The van der Waals surface area contributed by atoms with Gasteiger partial charge >= 0.3 is 0 Å². The number of anilines is 1. The van der Waals surface area contributed by atoms with Crippen molar-refractivity contribution in [3.05, 3.63) is 22.8 Å². The van der Waals surface area contributed by atoms with E-state index >= 15 is 0 Å². The van der Waals surface area contributed by atoms with Crippen LogP contribution in [0.3, 0.4) is 0 Å². The van der Waals surface area contributed by atoms with Crippen molar-refractivity contribution in [1.29, 1.82) is 0 Å². The molecule has 0 saturated carbocycles. The van der Waals surface area contributed by atoms with E-state index in [-0.39, 0.29) is 11.1 Å². The molecule has 3 N–H and O–H groups in total. The molecule has 0 aromatic carbocycles. The van der Waals surface area contributed by atoms with Crippen LogP contribution in [0.1, 0.15) is 23.7 Å². The number of nitrogens with one attached hydrogen (secondary N) is 1. The number of carbonyl (C=O) groups excluding carboxylic acids is 1. The highest BCUT2D eigenvalue weighted by Crippen LogP contribution is 2.16. The number of halogens is 1. The van der Waals surface area contributed by atoms with Crippen molar-refractivity contribution in [2.24, 2.45) is 5.84 Å². The molecule has 2 heterocycles. The van der Waals surface area contributed by atoms with Crippen molar-refractivity contribution in [3.63, 3.8) is 0 Å². The van der Waals surface area contributed by atoms with Gasteiger partial charge in [0.05, 0.1) is 0 Å². The fourth-order valence-corrected chi connectivity index (χ4v) is 2.58. The van der Waals surface area contributed by atoms with Gasteiger partial charge in [0.1, 0.15) is 11.0 Å². The molecule has 1 saturated heterocycles. The Balaban J connectivity index is 2.03. The number of hydrazine groups is 1. The van der Waals surface area contributed by atoms with Crippen molar-refractivity contribution < 1.29 is 4.79 Å². The van der Waals surface area contributed by atoms with Crippen LogP contribution >= 0.6 is 11.6 Å². The van der Waals surface area contributed by atoms with E-state index in [0.717, 1.165) is 39.1 Å². The first-order valence-corrected chi connectivity index (χ1v) is 7.17. The third kappa shape index (κ3) is 3.59. The summed E-state index contributed by atoms with van der Waals surface area (Å²) < 4.78 is 0. The Labute approximate surface area is 123 Å². The first-order valence-electron chi connectivity index (χ1n) is 6.80. The molecule has 20 heavy (non-hydrogen) atoms. The third-order valence-electron chi connectivity index (χ3n) is 3.39. The van der Waals surface area contributed by atoms with E-state index in [2.05, 4.69) is 22.2 Å². The number of aromatic nitrogens is 1. The highest BCUT2D eigenvalue weighted by molar-refractivity contribution is 6.29. The number of rotatable bonds is 4. The number of amides is 1. The van der Waals surface area contributed by atoms with Gasteiger partial charge in [-0.25, -0.2) is 10.8 Å². The lowest BCUT2D eigenvalue weighted by molar-refractivity contribution is 0.0637. The second-order valence-corrected chi connectivity index (χ2v) is 5.23. The number of pyridine rings is 1. The van der Waals surface area contributed by atoms with E-state index in [1.54, 1.807) is 12.1 Å². The van der Waals surface area contributed by atoms with Crippen LogP contribution in [0.2, 0.25) is 5.15 Å². The lowest BCUT2D eigenvalue weighted by atomic mass is 10.2. The zero-order valence-electron chi connectivity index (χ0n) is 11.6. The van der Waals surface area contributed by atoms with E-state index < -0.39 is 0 Å². The van der Waals surface area contributed by atoms with Gasteiger partial charge in [-0.05, 0) is 25.1 Å². The zero-order valence-corrected chi connectivity index (χ0v) is 12.4. The minimum Gasteiger partial charge on any atom is -0.336 e. The summed E-state index contributed by atoms with van der Waals surface area (Å²) in [7, 11) is 0. The quantitative estimate of drug-likeness (QED) is 0.496. The molecule has 110 valence electrons. The summed E-state index contributed by atoms with van der Waals surface area (Å²) in [6.07, 6.45) is 1.14. The predicted molar refractivity (Wildman–Crippen MR) is 79.7 cm³/mol. The van der Waals surface area contributed by atoms with Crippen molar-refractivity contribution >= 4 is 23.3 Å². The van der Waals surface area contributed by atoms with Gasteiger partial charge in [0.25, 0.3) is 5.91 Å². The molecule has 0 unspecified atom stereocenters. The lowest BCUT2D eigenvalue weighted by Crippen LogP contribution is -2.48. The molecular formula is C13H20ClN5O. The van der Waals surface area contributed by atoms with Crippen LogP contribution in [-0.4, -0.2) is 53.4 Å². The fourth-order valence-electron chi connectivity index (χ4n) is 2.37. The molecule has 6 nitrogen and oxygen atoms in total. The maximum atomic E-state index is 12.4. The predicted octanol–water partition coefficient (Wildman–Crippen LogP) is 1.19. The average Bonchev–Trinajstić information content (AvgIpc) is 2.47. The minimum atomic E-state index is -0.0260. The monoisotopic (exact) mass is 297 g/mol. The molecule has 0 bridgehead atoms. The van der Waals surface area contributed by atoms with Crippen LogP contribution in [0.25, 0.3) is 0 Å². The number of hydrogen-bond donors (Lipinski definition) is 2. The molecule has 1 amide bonds. The zero-order chi connectivity index (χ0) is 14.5. The van der Waals surface area contributed by atoms with Gasteiger partial charge in [-0.1, -0.05) is 18.5 Å². The Morgan fingerprint density at radius 3 is 2.70 bits per heavy atom. The van der Waals surface area contributed by atoms with Gasteiger partial charge in [-0.2, -0.15) is 0 Å². The van der Waals surface area contributed by atoms with E-state index in [1.807, 2.05) is 4.90 Å². The summed E-state index contributed by atoms with van der Waals surface area (Å²) in [5.41, 5.74) is 2.93. The van der Waals surface area contributed by atoms with Crippen LogP contribution in [0, 0.1) is 0 Å². The summed E-state index contributed by atoms with van der Waals surface area (Å²) in [5, 5.41) is 0.258. The van der Waals surface area contributed by atoms with E-state index in [9.17, 15) is 4.79 Å². The van der Waals surface area contributed by atoms with Crippen molar-refractivity contribution in [2.75, 3.05) is 38.1 Å². The Hall–Kier alpha value is -1.37. The summed E-state index contributed by atoms with van der Waals surface area (Å²) in [5.74, 6) is 5.68. The van der Waals surface area contributed by atoms with Crippen LogP contribution in [0.5, 0.6) is 0 Å². The molecule has 1 aromatic heterocycles. The number of carbonyl (C=O) groups is 1. The van der Waals surface area contributed by atoms with Gasteiger partial charge in [-0.15, -0.1) is 0 Å². The van der Waals surface area contributed by atoms with Gasteiger partial charge in [0.2, 0.25) is 0 Å². The Morgan fingerprint density at radius 2 is 2.10 bits per heavy atom. The summed E-state index contributed by atoms with van der Waals surface area (Å²) in [6.45, 7) is 6.57. The molecule has 1 aromatic rings. The van der Waals surface area contributed by atoms with Crippen LogP contribution in [-0.2, 0) is 0 Å². The fraction of sp³-hybridized carbons (Fsp3) is 0.538. The number of nitrogen functional groups attached to an aromatic ring is 1. The van der Waals surface area contributed by atoms with Gasteiger partial charge in [-0.3, -0.25) is 9.69 Å². The lowest BCUT2D eigenvalue weighted by Gasteiger charge is -2.34. The molecule has 0 atom stereocenters. The Kier molecular flexibility index (Phi) is 5.17. The molecule has 2 rings (SSSR count). The highest BCUT2D eigenvalue weighted by Gasteiger charge is 2.22. The van der Waals surface area contributed by atoms with Crippen molar-refractivity contribution in [1.82, 2.24) is 14.8 Å². The number of nitrogens with two attached hydrogens (primary N) is 1. The number of nitrogens with zero attached hydrogens (tertiary/aromatic N) is 3. The standard InChI is InChI=1S/C13H20ClN5O/c1-2-3-18-4-6-19(7-5-18)13(20)10-8-11(14)16-12(9-10)17-15/h8-9H,2-7,15H2,1H3,(H,16,17). The molecule has 0 radical (unpaired) electrons. The van der Waals surface area contributed by atoms with E-state index in [4.69, 9.17) is 17.4 Å². The first-order chi connectivity index (χ1) is 9.63. The summed E-state index contributed by atoms with van der Waals surface area (Å²) in [4.78, 5) is 20.6. The van der Waals surface area contributed by atoms with Crippen molar-refractivity contribution in [2.45, 2.75) is 13.3 Å². The molecule has 0 spiro atoms. The molecule has 1 aliphatic rings. The first kappa shape index (κ1) is 15.0. The van der Waals surface area contributed by atoms with Crippen LogP contribution in [0.15, 0.2) is 12.1 Å². The minimum absolute atomic E-state index is 0.0260. The SMILES string of the molecule is CCCN1CCN(C(=O)c2cc(Cl)nc(NN)c2)CC1. The second kappa shape index (κ2) is 6.88. The molecule has 0 aliphatic carbocycles. The number of hydrogen-bond acceptors (Lipinski definition) is 5. The van der Waals surface area contributed by atoms with Gasteiger partial charge in [0, 0.05) is 31.7 Å². The highest BCUT2D eigenvalue weighted by atomic mass is 35.5. The van der Waals surface area contributed by atoms with E-state index in [1.165, 1.54) is 0 Å². The van der Waals surface area contributed by atoms with Gasteiger partial charge in [0.15, 0.2) is 0 Å². The third-order valence-corrected chi connectivity index (χ3v) is 3.58. The van der Waals surface area contributed by atoms with E-state index in [0.29, 0.717) is 11.4 Å². The smallest absolute Gasteiger partial charge is 0.254 e. The normalized spacial score (nSPS) is 16.2. The molecule has 7 heteroatoms. The summed E-state index contributed by atoms with van der Waals surface area (Å²) >= 11 is 5.89. The summed E-state index contributed by atoms with van der Waals surface area (Å²) in [6, 6.07) is 3.19. The second-order valence-electron chi connectivity index (χ2n) is 4.84. The van der Waals surface area contributed by atoms with Crippen LogP contribution < -0.4 is 11.3 Å². The Bertz CT molecular complexity index is 474. The maximum absolute atomic E-state index is 12.4. The molecular weight excluding hydrogens is 278 g/mol.